The molecular weight excluding hydrogens is 343 g/mol. The Kier molecular flexibility index (Phi) is 4.62. The van der Waals surface area contributed by atoms with E-state index in [1.807, 2.05) is 13.0 Å². The minimum atomic E-state index is -3.95. The van der Waals surface area contributed by atoms with E-state index in [0.717, 1.165) is 11.6 Å². The molecule has 0 radical (unpaired) electrons. The predicted octanol–water partition coefficient (Wildman–Crippen LogP) is 2.30. The first-order valence-corrected chi connectivity index (χ1v) is 9.37. The lowest BCUT2D eigenvalue weighted by Gasteiger charge is -2.34. The van der Waals surface area contributed by atoms with Crippen molar-refractivity contribution in [3.8, 4) is 0 Å². The van der Waals surface area contributed by atoms with Crippen molar-refractivity contribution in [1.29, 1.82) is 0 Å². The fraction of sp³-hybridized carbons (Fsp3) is 0.278. The summed E-state index contributed by atoms with van der Waals surface area (Å²) >= 11 is 0. The van der Waals surface area contributed by atoms with Gasteiger partial charge in [-0.2, -0.15) is 4.31 Å². The van der Waals surface area contributed by atoms with Crippen molar-refractivity contribution in [2.45, 2.75) is 24.8 Å². The van der Waals surface area contributed by atoms with Crippen LogP contribution in [0, 0.1) is 19.7 Å². The first-order valence-electron chi connectivity index (χ1n) is 7.93. The monoisotopic (exact) mass is 362 g/mol. The van der Waals surface area contributed by atoms with E-state index in [2.05, 4.69) is 5.32 Å². The number of rotatable bonds is 3. The average Bonchev–Trinajstić information content (AvgIpc) is 2.54. The molecule has 0 spiro atoms. The fourth-order valence-electron chi connectivity index (χ4n) is 3.09. The summed E-state index contributed by atoms with van der Waals surface area (Å²) in [6, 6.07) is 9.82. The van der Waals surface area contributed by atoms with Gasteiger partial charge < -0.3 is 5.32 Å². The lowest BCUT2D eigenvalue weighted by Crippen LogP contribution is -2.52. The van der Waals surface area contributed by atoms with Crippen LogP contribution in [0.3, 0.4) is 0 Å². The molecule has 1 N–H and O–H groups in total. The maximum absolute atomic E-state index is 13.4. The Hall–Kier alpha value is -2.25. The number of hydrogen-bond donors (Lipinski definition) is 1. The van der Waals surface area contributed by atoms with Crippen LogP contribution in [0.4, 0.5) is 4.39 Å². The summed E-state index contributed by atoms with van der Waals surface area (Å²) in [5.41, 5.74) is 1.86. The smallest absolute Gasteiger partial charge is 0.244 e. The van der Waals surface area contributed by atoms with Crippen molar-refractivity contribution in [3.05, 3.63) is 65.0 Å². The molecule has 132 valence electrons. The van der Waals surface area contributed by atoms with E-state index in [-0.39, 0.29) is 23.9 Å². The zero-order chi connectivity index (χ0) is 18.2. The van der Waals surface area contributed by atoms with Gasteiger partial charge >= 0.3 is 0 Å². The van der Waals surface area contributed by atoms with Crippen LogP contribution in [0.15, 0.2) is 47.4 Å². The summed E-state index contributed by atoms with van der Waals surface area (Å²) in [4.78, 5) is 12.5. The lowest BCUT2D eigenvalue weighted by atomic mass is 10.0. The van der Waals surface area contributed by atoms with Gasteiger partial charge in [0.2, 0.25) is 15.9 Å². The predicted molar refractivity (Wildman–Crippen MR) is 92.0 cm³/mol. The largest absolute Gasteiger partial charge is 0.353 e. The highest BCUT2D eigenvalue weighted by Gasteiger charge is 2.40. The van der Waals surface area contributed by atoms with Crippen LogP contribution in [0.25, 0.3) is 0 Å². The number of benzene rings is 2. The van der Waals surface area contributed by atoms with Crippen LogP contribution in [-0.2, 0) is 14.8 Å². The van der Waals surface area contributed by atoms with Crippen LogP contribution in [0.5, 0.6) is 0 Å². The highest BCUT2D eigenvalue weighted by Crippen LogP contribution is 2.31. The van der Waals surface area contributed by atoms with Crippen molar-refractivity contribution in [3.63, 3.8) is 0 Å². The molecule has 1 heterocycles. The highest BCUT2D eigenvalue weighted by molar-refractivity contribution is 7.89. The number of sulfonamides is 1. The van der Waals surface area contributed by atoms with Gasteiger partial charge in [-0.25, -0.2) is 12.8 Å². The minimum absolute atomic E-state index is 0.0150. The maximum Gasteiger partial charge on any atom is 0.244 e. The summed E-state index contributed by atoms with van der Waals surface area (Å²) < 4.78 is 40.9. The van der Waals surface area contributed by atoms with Crippen LogP contribution >= 0.6 is 0 Å². The number of hydrogen-bond acceptors (Lipinski definition) is 3. The molecule has 2 aromatic rings. The summed E-state index contributed by atoms with van der Waals surface area (Å²) in [5.74, 6) is -0.858. The normalized spacial score (nSPS) is 18.8. The van der Waals surface area contributed by atoms with Gasteiger partial charge in [-0.15, -0.1) is 0 Å². The first kappa shape index (κ1) is 17.6. The molecule has 2 aromatic carbocycles. The second-order valence-electron chi connectivity index (χ2n) is 6.13. The minimum Gasteiger partial charge on any atom is -0.353 e. The van der Waals surface area contributed by atoms with E-state index >= 15 is 0 Å². The number of piperazine rings is 1. The molecule has 1 aliphatic rings. The van der Waals surface area contributed by atoms with E-state index in [9.17, 15) is 17.6 Å². The quantitative estimate of drug-likeness (QED) is 0.911. The van der Waals surface area contributed by atoms with Crippen molar-refractivity contribution >= 4 is 15.9 Å². The van der Waals surface area contributed by atoms with Gasteiger partial charge in [0.05, 0.1) is 4.90 Å². The first-order chi connectivity index (χ1) is 11.8. The molecule has 1 atom stereocenters. The second-order valence-corrected chi connectivity index (χ2v) is 7.99. The molecule has 1 unspecified atom stereocenters. The van der Waals surface area contributed by atoms with Gasteiger partial charge in [0.1, 0.15) is 11.9 Å². The van der Waals surface area contributed by atoms with Crippen molar-refractivity contribution in [2.75, 3.05) is 13.1 Å². The summed E-state index contributed by atoms with van der Waals surface area (Å²) in [6.45, 7) is 3.82. The lowest BCUT2D eigenvalue weighted by molar-refractivity contribution is -0.126. The van der Waals surface area contributed by atoms with E-state index in [0.29, 0.717) is 11.1 Å². The molecule has 3 rings (SSSR count). The highest BCUT2D eigenvalue weighted by atomic mass is 32.2. The molecule has 0 aliphatic carbocycles. The van der Waals surface area contributed by atoms with Gasteiger partial charge in [-0.05, 0) is 43.2 Å². The Morgan fingerprint density at radius 1 is 1.16 bits per heavy atom. The molecule has 0 aromatic heterocycles. The molecule has 7 heteroatoms. The summed E-state index contributed by atoms with van der Waals surface area (Å²) in [5, 5.41) is 2.72. The standard InChI is InChI=1S/C18H19FN2O3S/c1-12-4-3-5-14(10-12)17-18(22)20-8-9-21(17)25(23,24)16-7-6-15(19)11-13(16)2/h3-7,10-11,17H,8-9H2,1-2H3,(H,20,22). The van der Waals surface area contributed by atoms with E-state index in [1.54, 1.807) is 25.1 Å². The Balaban J connectivity index is 2.10. The van der Waals surface area contributed by atoms with E-state index in [1.165, 1.54) is 16.4 Å². The van der Waals surface area contributed by atoms with Gasteiger partial charge in [-0.3, -0.25) is 4.79 Å². The van der Waals surface area contributed by atoms with Gasteiger partial charge in [-0.1, -0.05) is 29.8 Å². The maximum atomic E-state index is 13.4. The molecule has 25 heavy (non-hydrogen) atoms. The molecule has 5 nitrogen and oxygen atoms in total. The third-order valence-corrected chi connectivity index (χ3v) is 6.27. The van der Waals surface area contributed by atoms with Crippen molar-refractivity contribution in [2.24, 2.45) is 0 Å². The Morgan fingerprint density at radius 3 is 2.60 bits per heavy atom. The third-order valence-electron chi connectivity index (χ3n) is 4.25. The molecule has 1 fully saturated rings. The number of halogens is 1. The van der Waals surface area contributed by atoms with Crippen molar-refractivity contribution in [1.82, 2.24) is 9.62 Å². The zero-order valence-electron chi connectivity index (χ0n) is 14.0. The number of aryl methyl sites for hydroxylation is 2. The van der Waals surface area contributed by atoms with E-state index in [4.69, 9.17) is 0 Å². The summed E-state index contributed by atoms with van der Waals surface area (Å²) in [6.07, 6.45) is 0. The van der Waals surface area contributed by atoms with Crippen molar-refractivity contribution < 1.29 is 17.6 Å². The number of carbonyl (C=O) groups is 1. The average molecular weight is 362 g/mol. The van der Waals surface area contributed by atoms with Crippen LogP contribution in [0.2, 0.25) is 0 Å². The number of nitrogens with zero attached hydrogens (tertiary/aromatic N) is 1. The second kappa shape index (κ2) is 6.57. The number of carbonyl (C=O) groups excluding carboxylic acids is 1. The van der Waals surface area contributed by atoms with Crippen LogP contribution < -0.4 is 5.32 Å². The molecule has 1 amide bonds. The molecule has 0 saturated carbocycles. The molecule has 0 bridgehead atoms. The zero-order valence-corrected chi connectivity index (χ0v) is 14.8. The Bertz CT molecular complexity index is 928. The SMILES string of the molecule is Cc1cccc(C2C(=O)NCCN2S(=O)(=O)c2ccc(F)cc2C)c1. The topological polar surface area (TPSA) is 66.5 Å². The molecule has 1 aliphatic heterocycles. The number of amides is 1. The fourth-order valence-corrected chi connectivity index (χ4v) is 4.88. The van der Waals surface area contributed by atoms with Gasteiger partial charge in [0.25, 0.3) is 0 Å². The van der Waals surface area contributed by atoms with E-state index < -0.39 is 21.9 Å². The van der Waals surface area contributed by atoms with Gasteiger partial charge in [0, 0.05) is 13.1 Å². The number of nitrogens with one attached hydrogen (secondary N) is 1. The third kappa shape index (κ3) is 3.29. The summed E-state index contributed by atoms with van der Waals surface area (Å²) in [7, 11) is -3.95. The van der Waals surface area contributed by atoms with Crippen LogP contribution in [-0.4, -0.2) is 31.7 Å². The van der Waals surface area contributed by atoms with Crippen LogP contribution in [0.1, 0.15) is 22.7 Å². The Morgan fingerprint density at radius 2 is 1.92 bits per heavy atom. The molecule has 1 saturated heterocycles. The molecular formula is C18H19FN2O3S. The Labute approximate surface area is 146 Å². The van der Waals surface area contributed by atoms with Gasteiger partial charge in [0.15, 0.2) is 0 Å².